The number of aliphatic hydroxyl groups excluding tert-OH is 1. The number of hydrogen-bond donors (Lipinski definition) is 3. The third-order valence-electron chi connectivity index (χ3n) is 8.23. The molecular weight excluding hydrogens is 528 g/mol. The highest BCUT2D eigenvalue weighted by Gasteiger charge is 2.43. The van der Waals surface area contributed by atoms with Crippen LogP contribution in [0.15, 0.2) is 48.5 Å². The van der Waals surface area contributed by atoms with E-state index in [1.807, 2.05) is 42.5 Å². The number of rotatable bonds is 10. The summed E-state index contributed by atoms with van der Waals surface area (Å²) in [6, 6.07) is 15.2. The lowest BCUT2D eigenvalue weighted by molar-refractivity contribution is -0.278. The maximum absolute atomic E-state index is 12.4. The first-order valence-corrected chi connectivity index (χ1v) is 14.5. The van der Waals surface area contributed by atoms with Gasteiger partial charge in [-0.15, -0.1) is 0 Å². The minimum atomic E-state index is -0.917. The van der Waals surface area contributed by atoms with Crippen molar-refractivity contribution in [2.45, 2.75) is 69.9 Å². The Balaban J connectivity index is 1.31. The van der Waals surface area contributed by atoms with Gasteiger partial charge in [-0.05, 0) is 29.7 Å². The van der Waals surface area contributed by atoms with Crippen molar-refractivity contribution in [1.29, 1.82) is 0 Å². The van der Waals surface area contributed by atoms with Gasteiger partial charge in [-0.1, -0.05) is 43.3 Å². The SMILES string of the molecule is C[C@@H]1[C@H](CN2CCC3(CC2)OCCO3)O[C@H](c2cccc(NC(=O)CCCC(=O)O)c2)O[C@@H]1c1ccc(CO)cc1. The summed E-state index contributed by atoms with van der Waals surface area (Å²) in [5, 5.41) is 21.2. The molecule has 10 heteroatoms. The molecule has 0 saturated carbocycles. The number of anilines is 1. The van der Waals surface area contributed by atoms with E-state index in [0.29, 0.717) is 18.9 Å². The minimum Gasteiger partial charge on any atom is -0.481 e. The molecule has 4 atom stereocenters. The van der Waals surface area contributed by atoms with Gasteiger partial charge in [-0.25, -0.2) is 0 Å². The highest BCUT2D eigenvalue weighted by atomic mass is 16.7. The summed E-state index contributed by atoms with van der Waals surface area (Å²) >= 11 is 0. The zero-order valence-corrected chi connectivity index (χ0v) is 23.5. The first kappa shape index (κ1) is 29.6. The molecule has 10 nitrogen and oxygen atoms in total. The molecule has 0 aliphatic carbocycles. The fraction of sp³-hybridized carbons (Fsp3) is 0.548. The van der Waals surface area contributed by atoms with Crippen molar-refractivity contribution in [3.05, 3.63) is 65.2 Å². The molecule has 3 saturated heterocycles. The van der Waals surface area contributed by atoms with Crippen LogP contribution in [0.3, 0.4) is 0 Å². The van der Waals surface area contributed by atoms with Gasteiger partial charge in [-0.2, -0.15) is 0 Å². The van der Waals surface area contributed by atoms with Gasteiger partial charge in [0, 0.05) is 62.5 Å². The van der Waals surface area contributed by atoms with E-state index in [1.165, 1.54) is 0 Å². The number of ether oxygens (including phenoxy) is 4. The van der Waals surface area contributed by atoms with E-state index >= 15 is 0 Å². The molecule has 3 heterocycles. The van der Waals surface area contributed by atoms with E-state index in [0.717, 1.165) is 49.2 Å². The molecule has 222 valence electrons. The molecule has 1 amide bonds. The smallest absolute Gasteiger partial charge is 0.303 e. The maximum atomic E-state index is 12.4. The first-order valence-electron chi connectivity index (χ1n) is 14.5. The maximum Gasteiger partial charge on any atom is 0.303 e. The van der Waals surface area contributed by atoms with E-state index in [4.69, 9.17) is 24.1 Å². The Bertz CT molecular complexity index is 1170. The summed E-state index contributed by atoms with van der Waals surface area (Å²) in [5.74, 6) is -1.53. The number of aliphatic hydroxyl groups is 1. The van der Waals surface area contributed by atoms with E-state index < -0.39 is 18.0 Å². The molecular formula is C31H40N2O8. The summed E-state index contributed by atoms with van der Waals surface area (Å²) in [7, 11) is 0. The Hall–Kier alpha value is -2.86. The van der Waals surface area contributed by atoms with Crippen LogP contribution in [0.5, 0.6) is 0 Å². The van der Waals surface area contributed by atoms with Gasteiger partial charge >= 0.3 is 5.97 Å². The number of likely N-dealkylation sites (tertiary alicyclic amines) is 1. The molecule has 2 aromatic rings. The van der Waals surface area contributed by atoms with E-state index in [-0.39, 0.29) is 49.9 Å². The highest BCUT2D eigenvalue weighted by molar-refractivity contribution is 5.90. The number of carboxylic acid groups (broad SMARTS) is 1. The van der Waals surface area contributed by atoms with E-state index in [1.54, 1.807) is 6.07 Å². The average molecular weight is 569 g/mol. The molecule has 0 aromatic heterocycles. The number of carbonyl (C=O) groups is 2. The number of nitrogens with zero attached hydrogens (tertiary/aromatic N) is 1. The van der Waals surface area contributed by atoms with Crippen LogP contribution < -0.4 is 5.32 Å². The van der Waals surface area contributed by atoms with E-state index in [2.05, 4.69) is 17.1 Å². The fourth-order valence-electron chi connectivity index (χ4n) is 5.83. The first-order chi connectivity index (χ1) is 19.8. The van der Waals surface area contributed by atoms with Crippen LogP contribution in [0, 0.1) is 5.92 Å². The third kappa shape index (κ3) is 7.51. The van der Waals surface area contributed by atoms with Crippen LogP contribution in [-0.2, 0) is 35.1 Å². The number of piperidine rings is 1. The van der Waals surface area contributed by atoms with Crippen molar-refractivity contribution in [1.82, 2.24) is 4.90 Å². The van der Waals surface area contributed by atoms with Crippen LogP contribution in [0.2, 0.25) is 0 Å². The largest absolute Gasteiger partial charge is 0.481 e. The summed E-state index contributed by atoms with van der Waals surface area (Å²) in [6.07, 6.45) is 1.01. The number of nitrogens with one attached hydrogen (secondary N) is 1. The van der Waals surface area contributed by atoms with Crippen molar-refractivity contribution >= 4 is 17.6 Å². The predicted octanol–water partition coefficient (Wildman–Crippen LogP) is 4.00. The van der Waals surface area contributed by atoms with Crippen molar-refractivity contribution in [2.75, 3.05) is 38.2 Å². The Kier molecular flexibility index (Phi) is 9.69. The van der Waals surface area contributed by atoms with Crippen molar-refractivity contribution < 1.29 is 38.7 Å². The Morgan fingerprint density at radius 3 is 2.41 bits per heavy atom. The normalized spacial score (nSPS) is 26.2. The second-order valence-corrected chi connectivity index (χ2v) is 11.2. The van der Waals surface area contributed by atoms with Gasteiger partial charge in [0.15, 0.2) is 12.1 Å². The number of carboxylic acids is 1. The second-order valence-electron chi connectivity index (χ2n) is 11.2. The molecule has 1 spiro atoms. The number of benzene rings is 2. The van der Waals surface area contributed by atoms with Crippen LogP contribution >= 0.6 is 0 Å². The number of amides is 1. The van der Waals surface area contributed by atoms with Gasteiger partial charge in [0.2, 0.25) is 5.91 Å². The number of carbonyl (C=O) groups excluding carboxylic acids is 1. The molecule has 0 radical (unpaired) electrons. The van der Waals surface area contributed by atoms with Gasteiger partial charge in [-0.3, -0.25) is 9.59 Å². The average Bonchev–Trinajstić information content (AvgIpc) is 3.43. The molecule has 0 unspecified atom stereocenters. The van der Waals surface area contributed by atoms with Crippen LogP contribution in [0.1, 0.15) is 68.1 Å². The zero-order chi connectivity index (χ0) is 28.8. The van der Waals surface area contributed by atoms with Crippen molar-refractivity contribution in [2.24, 2.45) is 5.92 Å². The predicted molar refractivity (Wildman–Crippen MR) is 150 cm³/mol. The van der Waals surface area contributed by atoms with Crippen molar-refractivity contribution in [3.63, 3.8) is 0 Å². The van der Waals surface area contributed by atoms with Gasteiger partial charge < -0.3 is 39.4 Å². The summed E-state index contributed by atoms with van der Waals surface area (Å²) in [6.45, 7) is 5.89. The minimum absolute atomic E-state index is 0.0194. The van der Waals surface area contributed by atoms with E-state index in [9.17, 15) is 14.7 Å². The topological polar surface area (TPSA) is 127 Å². The van der Waals surface area contributed by atoms with Crippen LogP contribution in [0.4, 0.5) is 5.69 Å². The van der Waals surface area contributed by atoms with Crippen LogP contribution in [-0.4, -0.2) is 71.7 Å². The fourth-order valence-corrected chi connectivity index (χ4v) is 5.83. The quantitative estimate of drug-likeness (QED) is 0.390. The summed E-state index contributed by atoms with van der Waals surface area (Å²) < 4.78 is 25.0. The van der Waals surface area contributed by atoms with Crippen molar-refractivity contribution in [3.8, 4) is 0 Å². The molecule has 3 N–H and O–H groups in total. The molecule has 3 fully saturated rings. The van der Waals surface area contributed by atoms with Gasteiger partial charge in [0.1, 0.15) is 0 Å². The molecule has 5 rings (SSSR count). The standard InChI is InChI=1S/C31H40N2O8/c1-21-26(19-33-14-12-31(13-15-33)38-16-17-39-31)40-30(41-29(21)23-10-8-22(20-34)9-11-23)24-4-2-5-25(18-24)32-27(35)6-3-7-28(36)37/h2,4-5,8-11,18,21,26,29-30,34H,3,6-7,12-17,19-20H2,1H3,(H,32,35)(H,36,37)/t21-,26+,29+,30+/m1/s1. The lowest BCUT2D eigenvalue weighted by atomic mass is 9.89. The number of aliphatic carboxylic acids is 1. The third-order valence-corrected chi connectivity index (χ3v) is 8.23. The van der Waals surface area contributed by atoms with Crippen LogP contribution in [0.25, 0.3) is 0 Å². The monoisotopic (exact) mass is 568 g/mol. The van der Waals surface area contributed by atoms with Gasteiger partial charge in [0.05, 0.1) is 32.0 Å². The lowest BCUT2D eigenvalue weighted by Gasteiger charge is -2.44. The Morgan fingerprint density at radius 2 is 1.73 bits per heavy atom. The number of hydrogen-bond acceptors (Lipinski definition) is 8. The molecule has 41 heavy (non-hydrogen) atoms. The highest BCUT2D eigenvalue weighted by Crippen LogP contribution is 2.42. The summed E-state index contributed by atoms with van der Waals surface area (Å²) in [4.78, 5) is 25.5. The zero-order valence-electron chi connectivity index (χ0n) is 23.5. The van der Waals surface area contributed by atoms with Gasteiger partial charge in [0.25, 0.3) is 0 Å². The summed E-state index contributed by atoms with van der Waals surface area (Å²) in [5.41, 5.74) is 3.24. The Labute approximate surface area is 240 Å². The Morgan fingerprint density at radius 1 is 1.00 bits per heavy atom. The lowest BCUT2D eigenvalue weighted by Crippen LogP contribution is -2.50. The second kappa shape index (κ2) is 13.4. The molecule has 3 aliphatic heterocycles. The molecule has 2 aromatic carbocycles. The molecule has 3 aliphatic rings. The molecule has 0 bridgehead atoms.